The molecule has 0 bridgehead atoms. The minimum atomic E-state index is -0.539. The van der Waals surface area contributed by atoms with E-state index in [9.17, 15) is 9.59 Å². The van der Waals surface area contributed by atoms with E-state index in [0.29, 0.717) is 17.9 Å². The van der Waals surface area contributed by atoms with Gasteiger partial charge >= 0.3 is 0 Å². The Kier molecular flexibility index (Phi) is 8.35. The van der Waals surface area contributed by atoms with Gasteiger partial charge in [0.25, 0.3) is 11.8 Å². The van der Waals surface area contributed by atoms with Crippen molar-refractivity contribution in [1.82, 2.24) is 10.6 Å². The summed E-state index contributed by atoms with van der Waals surface area (Å²) in [5, 5.41) is 5.83. The fraction of sp³-hybridized carbons (Fsp3) is 0.385. The number of likely N-dealkylation sites (N-methyl/N-ethyl adjacent to an activating group) is 1. The molecule has 0 fully saturated rings. The average molecular weight is 302 g/mol. The summed E-state index contributed by atoms with van der Waals surface area (Å²) >= 11 is 0. The Morgan fingerprint density at radius 1 is 1.30 bits per heavy atom. The van der Waals surface area contributed by atoms with Gasteiger partial charge in [0.2, 0.25) is 0 Å². The van der Waals surface area contributed by atoms with Gasteiger partial charge in [0.1, 0.15) is 5.75 Å². The van der Waals surface area contributed by atoms with Crippen LogP contribution < -0.4 is 21.1 Å². The molecule has 0 saturated carbocycles. The number of carbonyl (C=O) groups excluding carboxylic acids is 2. The summed E-state index contributed by atoms with van der Waals surface area (Å²) in [5.74, 6) is -0.189. The van der Waals surface area contributed by atoms with Crippen LogP contribution in [-0.2, 0) is 4.79 Å². The molecule has 0 aliphatic carbocycles. The minimum Gasteiger partial charge on any atom is -0.484 e. The third-order valence-corrected chi connectivity index (χ3v) is 2.56. The lowest BCUT2D eigenvalue weighted by atomic mass is 10.2. The number of benzene rings is 1. The molecule has 6 nitrogen and oxygen atoms in total. The lowest BCUT2D eigenvalue weighted by Gasteiger charge is -2.11. The first-order valence-corrected chi connectivity index (χ1v) is 5.99. The van der Waals surface area contributed by atoms with Gasteiger partial charge in [-0.1, -0.05) is 0 Å². The van der Waals surface area contributed by atoms with Crippen LogP contribution in [0.3, 0.4) is 0 Å². The summed E-state index contributed by atoms with van der Waals surface area (Å²) < 4.78 is 5.10. The van der Waals surface area contributed by atoms with Crippen LogP contribution >= 0.6 is 12.4 Å². The SMILES string of the molecule is CNC(C)CNC(=O)c1ccc(OCC(N)=O)cc1.Cl. The van der Waals surface area contributed by atoms with Crippen LogP contribution in [-0.4, -0.2) is 38.1 Å². The van der Waals surface area contributed by atoms with E-state index in [-0.39, 0.29) is 31.0 Å². The lowest BCUT2D eigenvalue weighted by Crippen LogP contribution is -2.37. The molecule has 2 amide bonds. The molecule has 0 heterocycles. The summed E-state index contributed by atoms with van der Waals surface area (Å²) in [4.78, 5) is 22.3. The molecule has 1 atom stereocenters. The first-order valence-electron chi connectivity index (χ1n) is 5.99. The molecule has 0 aliphatic rings. The van der Waals surface area contributed by atoms with Crippen molar-refractivity contribution in [3.63, 3.8) is 0 Å². The van der Waals surface area contributed by atoms with Crippen LogP contribution in [0.1, 0.15) is 17.3 Å². The monoisotopic (exact) mass is 301 g/mol. The Balaban J connectivity index is 0.00000361. The number of nitrogens with two attached hydrogens (primary N) is 1. The van der Waals surface area contributed by atoms with Crippen LogP contribution in [0.15, 0.2) is 24.3 Å². The van der Waals surface area contributed by atoms with E-state index in [2.05, 4.69) is 10.6 Å². The summed E-state index contributed by atoms with van der Waals surface area (Å²) in [6.45, 7) is 2.35. The number of hydrogen-bond acceptors (Lipinski definition) is 4. The van der Waals surface area contributed by atoms with Crippen LogP contribution in [0.25, 0.3) is 0 Å². The second kappa shape index (κ2) is 9.17. The molecule has 20 heavy (non-hydrogen) atoms. The number of hydrogen-bond donors (Lipinski definition) is 3. The van der Waals surface area contributed by atoms with E-state index in [1.807, 2.05) is 14.0 Å². The average Bonchev–Trinajstić information content (AvgIpc) is 2.42. The first-order chi connectivity index (χ1) is 9.02. The van der Waals surface area contributed by atoms with Gasteiger partial charge in [0.15, 0.2) is 6.61 Å². The Bertz CT molecular complexity index is 437. The zero-order valence-electron chi connectivity index (χ0n) is 11.5. The zero-order valence-corrected chi connectivity index (χ0v) is 12.3. The minimum absolute atomic E-state index is 0. The molecule has 1 aromatic rings. The topological polar surface area (TPSA) is 93.4 Å². The Hall–Kier alpha value is -1.79. The van der Waals surface area contributed by atoms with Crippen LogP contribution in [0, 0.1) is 0 Å². The van der Waals surface area contributed by atoms with Crippen molar-refractivity contribution < 1.29 is 14.3 Å². The quantitative estimate of drug-likeness (QED) is 0.676. The second-order valence-corrected chi connectivity index (χ2v) is 4.18. The van der Waals surface area contributed by atoms with Crippen LogP contribution in [0.5, 0.6) is 5.75 Å². The predicted molar refractivity (Wildman–Crippen MR) is 79.2 cm³/mol. The number of carbonyl (C=O) groups is 2. The van der Waals surface area contributed by atoms with Crippen LogP contribution in [0.4, 0.5) is 0 Å². The van der Waals surface area contributed by atoms with Crippen molar-refractivity contribution in [2.24, 2.45) is 5.73 Å². The van der Waals surface area contributed by atoms with E-state index in [1.54, 1.807) is 24.3 Å². The second-order valence-electron chi connectivity index (χ2n) is 4.18. The fourth-order valence-corrected chi connectivity index (χ4v) is 1.31. The van der Waals surface area contributed by atoms with Gasteiger partial charge in [-0.3, -0.25) is 9.59 Å². The molecule has 112 valence electrons. The van der Waals surface area contributed by atoms with Crippen molar-refractivity contribution in [1.29, 1.82) is 0 Å². The van der Waals surface area contributed by atoms with Crippen molar-refractivity contribution in [2.45, 2.75) is 13.0 Å². The van der Waals surface area contributed by atoms with Crippen molar-refractivity contribution in [3.05, 3.63) is 29.8 Å². The van der Waals surface area contributed by atoms with Crippen molar-refractivity contribution >= 4 is 24.2 Å². The summed E-state index contributed by atoms with van der Waals surface area (Å²) in [7, 11) is 1.84. The highest BCUT2D eigenvalue weighted by Gasteiger charge is 2.07. The van der Waals surface area contributed by atoms with Gasteiger partial charge in [0.05, 0.1) is 0 Å². The molecule has 0 aliphatic heterocycles. The van der Waals surface area contributed by atoms with E-state index < -0.39 is 5.91 Å². The van der Waals surface area contributed by atoms with Gasteiger partial charge < -0.3 is 21.1 Å². The fourth-order valence-electron chi connectivity index (χ4n) is 1.31. The van der Waals surface area contributed by atoms with E-state index >= 15 is 0 Å². The maximum Gasteiger partial charge on any atom is 0.255 e. The molecule has 1 aromatic carbocycles. The van der Waals surface area contributed by atoms with Gasteiger partial charge in [-0.2, -0.15) is 0 Å². The lowest BCUT2D eigenvalue weighted by molar-refractivity contribution is -0.119. The molecule has 4 N–H and O–H groups in total. The molecule has 0 radical (unpaired) electrons. The molecule has 7 heteroatoms. The molecule has 0 aromatic heterocycles. The highest BCUT2D eigenvalue weighted by Crippen LogP contribution is 2.11. The third kappa shape index (κ3) is 6.40. The van der Waals surface area contributed by atoms with Crippen molar-refractivity contribution in [3.8, 4) is 5.75 Å². The van der Waals surface area contributed by atoms with Gasteiger partial charge in [-0.25, -0.2) is 0 Å². The number of rotatable bonds is 7. The van der Waals surface area contributed by atoms with E-state index in [0.717, 1.165) is 0 Å². The maximum atomic E-state index is 11.8. The number of amides is 2. The Labute approximate surface area is 124 Å². The van der Waals surface area contributed by atoms with Crippen molar-refractivity contribution in [2.75, 3.05) is 20.2 Å². The number of ether oxygens (including phenoxy) is 1. The standard InChI is InChI=1S/C13H19N3O3.ClH/c1-9(15-2)7-16-13(18)10-3-5-11(6-4-10)19-8-12(14)17;/h3-6,9,15H,7-8H2,1-2H3,(H2,14,17)(H,16,18);1H. The third-order valence-electron chi connectivity index (χ3n) is 2.56. The number of primary amides is 1. The largest absolute Gasteiger partial charge is 0.484 e. The van der Waals surface area contributed by atoms with Gasteiger partial charge in [-0.15, -0.1) is 12.4 Å². The molecular formula is C13H20ClN3O3. The number of halogens is 1. The summed E-state index contributed by atoms with van der Waals surface area (Å²) in [6.07, 6.45) is 0. The van der Waals surface area contributed by atoms with E-state index in [4.69, 9.17) is 10.5 Å². The molecule has 1 rings (SSSR count). The van der Waals surface area contributed by atoms with Gasteiger partial charge in [0, 0.05) is 18.2 Å². The molecule has 0 spiro atoms. The zero-order chi connectivity index (χ0) is 14.3. The Morgan fingerprint density at radius 3 is 2.40 bits per heavy atom. The van der Waals surface area contributed by atoms with E-state index in [1.165, 1.54) is 0 Å². The van der Waals surface area contributed by atoms with Gasteiger partial charge in [-0.05, 0) is 38.2 Å². The normalized spacial score (nSPS) is 11.1. The maximum absolute atomic E-state index is 11.8. The highest BCUT2D eigenvalue weighted by atomic mass is 35.5. The predicted octanol–water partition coefficient (Wildman–Crippen LogP) is 0.310. The molecular weight excluding hydrogens is 282 g/mol. The summed E-state index contributed by atoms with van der Waals surface area (Å²) in [6, 6.07) is 6.73. The van der Waals surface area contributed by atoms with Crippen LogP contribution in [0.2, 0.25) is 0 Å². The molecule has 1 unspecified atom stereocenters. The highest BCUT2D eigenvalue weighted by molar-refractivity contribution is 5.94. The Morgan fingerprint density at radius 2 is 1.90 bits per heavy atom. The molecule has 0 saturated heterocycles. The summed E-state index contributed by atoms with van der Waals surface area (Å²) in [5.41, 5.74) is 5.50. The smallest absolute Gasteiger partial charge is 0.255 e. The number of nitrogens with one attached hydrogen (secondary N) is 2. The first kappa shape index (κ1) is 18.2.